The Labute approximate surface area is 131 Å². The molecule has 2 rings (SSSR count). The number of nitrogens with zero attached hydrogens (tertiary/aromatic N) is 1. The average Bonchev–Trinajstić information content (AvgIpc) is 2.43. The van der Waals surface area contributed by atoms with E-state index in [0.29, 0.717) is 30.7 Å². The van der Waals surface area contributed by atoms with Gasteiger partial charge in [0, 0.05) is 25.1 Å². The van der Waals surface area contributed by atoms with Crippen LogP contribution in [-0.2, 0) is 4.79 Å². The summed E-state index contributed by atoms with van der Waals surface area (Å²) in [6.45, 7) is 6.66. The number of aliphatic hydroxyl groups is 1. The zero-order chi connectivity index (χ0) is 16.2. The normalized spacial score (nSPS) is 18.0. The minimum absolute atomic E-state index is 0.0594. The van der Waals surface area contributed by atoms with Crippen LogP contribution >= 0.6 is 0 Å². The smallest absolute Gasteiger partial charge is 0.168 e. The quantitative estimate of drug-likeness (QED) is 0.821. The van der Waals surface area contributed by atoms with Crippen LogP contribution in [0.2, 0.25) is 0 Å². The molecule has 0 saturated carbocycles. The highest BCUT2D eigenvalue weighted by atomic mass is 16.5. The van der Waals surface area contributed by atoms with Gasteiger partial charge in [-0.05, 0) is 24.0 Å². The Bertz CT molecular complexity index is 615. The molecule has 0 unspecified atom stereocenters. The maximum Gasteiger partial charge on any atom is 0.168 e. The number of allylic oxidation sites excluding steroid dienone is 2. The predicted molar refractivity (Wildman–Crippen MR) is 88.1 cm³/mol. The number of aliphatic hydroxyl groups excluding tert-OH is 1. The van der Waals surface area contributed by atoms with Crippen LogP contribution in [0.1, 0.15) is 40.0 Å². The van der Waals surface area contributed by atoms with E-state index in [1.165, 1.54) is 6.21 Å². The van der Waals surface area contributed by atoms with Crippen LogP contribution in [0.15, 0.2) is 40.6 Å². The van der Waals surface area contributed by atoms with E-state index in [-0.39, 0.29) is 17.0 Å². The summed E-state index contributed by atoms with van der Waals surface area (Å²) in [4.78, 5) is 16.4. The molecular formula is C18H23NO3. The third kappa shape index (κ3) is 4.20. The topological polar surface area (TPSA) is 58.9 Å². The molecule has 0 fully saturated rings. The number of hydrogen-bond donors (Lipinski definition) is 1. The summed E-state index contributed by atoms with van der Waals surface area (Å²) >= 11 is 0. The number of carbonyl (C=O) groups excluding carboxylic acids is 1. The van der Waals surface area contributed by atoms with Gasteiger partial charge >= 0.3 is 0 Å². The average molecular weight is 301 g/mol. The van der Waals surface area contributed by atoms with Gasteiger partial charge in [0.15, 0.2) is 5.78 Å². The van der Waals surface area contributed by atoms with Crippen LogP contribution in [0.4, 0.5) is 5.69 Å². The molecule has 0 saturated heterocycles. The van der Waals surface area contributed by atoms with Crippen LogP contribution in [-0.4, -0.2) is 23.7 Å². The highest BCUT2D eigenvalue weighted by Gasteiger charge is 2.32. The molecule has 0 aromatic heterocycles. The van der Waals surface area contributed by atoms with Gasteiger partial charge < -0.3 is 9.84 Å². The van der Waals surface area contributed by atoms with Crippen LogP contribution in [0.25, 0.3) is 0 Å². The van der Waals surface area contributed by atoms with Crippen molar-refractivity contribution in [3.8, 4) is 5.75 Å². The van der Waals surface area contributed by atoms with Gasteiger partial charge in [-0.2, -0.15) is 0 Å². The molecule has 0 spiro atoms. The lowest BCUT2D eigenvalue weighted by Gasteiger charge is -2.28. The van der Waals surface area contributed by atoms with Crippen LogP contribution in [0, 0.1) is 5.41 Å². The van der Waals surface area contributed by atoms with Crippen LogP contribution < -0.4 is 4.74 Å². The molecule has 118 valence electrons. The maximum atomic E-state index is 12.1. The second-order valence-electron chi connectivity index (χ2n) is 6.41. The van der Waals surface area contributed by atoms with E-state index >= 15 is 0 Å². The fraction of sp³-hybridized carbons (Fsp3) is 0.444. The molecule has 1 aromatic rings. The molecule has 0 radical (unpaired) electrons. The van der Waals surface area contributed by atoms with Crippen molar-refractivity contribution < 1.29 is 14.6 Å². The summed E-state index contributed by atoms with van der Waals surface area (Å²) in [6, 6.07) is 7.39. The minimum Gasteiger partial charge on any atom is -0.511 e. The summed E-state index contributed by atoms with van der Waals surface area (Å²) in [5.41, 5.74) is 0.831. The monoisotopic (exact) mass is 301 g/mol. The lowest BCUT2D eigenvalue weighted by Crippen LogP contribution is -2.26. The molecule has 0 atom stereocenters. The first kappa shape index (κ1) is 16.3. The first-order valence-electron chi connectivity index (χ1n) is 7.63. The number of aliphatic imine (C=N–C) groups is 1. The van der Waals surface area contributed by atoms with E-state index in [4.69, 9.17) is 4.74 Å². The van der Waals surface area contributed by atoms with Crippen molar-refractivity contribution >= 4 is 17.7 Å². The fourth-order valence-corrected chi connectivity index (χ4v) is 2.46. The number of benzene rings is 1. The Morgan fingerprint density at radius 1 is 1.36 bits per heavy atom. The maximum absolute atomic E-state index is 12.1. The van der Waals surface area contributed by atoms with Crippen LogP contribution in [0.5, 0.6) is 5.75 Å². The van der Waals surface area contributed by atoms with E-state index < -0.39 is 0 Å². The summed E-state index contributed by atoms with van der Waals surface area (Å²) in [7, 11) is 0. The van der Waals surface area contributed by atoms with Crippen molar-refractivity contribution in [3.63, 3.8) is 0 Å². The predicted octanol–water partition coefficient (Wildman–Crippen LogP) is 4.38. The summed E-state index contributed by atoms with van der Waals surface area (Å²) < 4.78 is 5.55. The van der Waals surface area contributed by atoms with E-state index in [1.54, 1.807) is 0 Å². The van der Waals surface area contributed by atoms with Crippen LogP contribution in [0.3, 0.4) is 0 Å². The Balaban J connectivity index is 2.16. The molecular weight excluding hydrogens is 278 g/mol. The number of carbonyl (C=O) groups is 1. The third-order valence-electron chi connectivity index (χ3n) is 3.53. The molecule has 4 heteroatoms. The van der Waals surface area contributed by atoms with Gasteiger partial charge in [-0.15, -0.1) is 0 Å². The van der Waals surface area contributed by atoms with Crippen molar-refractivity contribution in [3.05, 3.63) is 35.6 Å². The van der Waals surface area contributed by atoms with Gasteiger partial charge in [-0.1, -0.05) is 26.8 Å². The van der Waals surface area contributed by atoms with Gasteiger partial charge in [0.1, 0.15) is 11.5 Å². The third-order valence-corrected chi connectivity index (χ3v) is 3.53. The Hall–Kier alpha value is -2.10. The lowest BCUT2D eigenvalue weighted by atomic mass is 9.77. The number of rotatable bonds is 5. The molecule has 0 heterocycles. The van der Waals surface area contributed by atoms with E-state index in [0.717, 1.165) is 12.2 Å². The van der Waals surface area contributed by atoms with Crippen molar-refractivity contribution in [2.45, 2.75) is 40.0 Å². The van der Waals surface area contributed by atoms with E-state index in [9.17, 15) is 9.90 Å². The lowest BCUT2D eigenvalue weighted by molar-refractivity contribution is -0.117. The van der Waals surface area contributed by atoms with Gasteiger partial charge in [-0.3, -0.25) is 9.79 Å². The molecule has 1 N–H and O–H groups in total. The highest BCUT2D eigenvalue weighted by molar-refractivity contribution is 6.14. The Kier molecular flexibility index (Phi) is 5.01. The van der Waals surface area contributed by atoms with Gasteiger partial charge in [0.2, 0.25) is 0 Å². The Morgan fingerprint density at radius 3 is 2.82 bits per heavy atom. The second-order valence-corrected chi connectivity index (χ2v) is 6.41. The highest BCUT2D eigenvalue weighted by Crippen LogP contribution is 2.35. The largest absolute Gasteiger partial charge is 0.511 e. The zero-order valence-electron chi connectivity index (χ0n) is 13.4. The van der Waals surface area contributed by atoms with E-state index in [1.807, 2.05) is 45.0 Å². The molecule has 1 aliphatic rings. The van der Waals surface area contributed by atoms with E-state index in [2.05, 4.69) is 4.99 Å². The van der Waals surface area contributed by atoms with Crippen molar-refractivity contribution in [1.29, 1.82) is 0 Å². The van der Waals surface area contributed by atoms with Gasteiger partial charge in [0.05, 0.1) is 17.9 Å². The molecule has 0 amide bonds. The van der Waals surface area contributed by atoms with Crippen molar-refractivity contribution in [2.24, 2.45) is 10.4 Å². The number of ether oxygens (including phenoxy) is 1. The molecule has 22 heavy (non-hydrogen) atoms. The number of ketones is 1. The summed E-state index contributed by atoms with van der Waals surface area (Å²) in [5, 5.41) is 10.1. The summed E-state index contributed by atoms with van der Waals surface area (Å²) in [6.07, 6.45) is 3.34. The minimum atomic E-state index is -0.188. The molecule has 1 aromatic carbocycles. The van der Waals surface area contributed by atoms with Gasteiger partial charge in [-0.25, -0.2) is 0 Å². The summed E-state index contributed by atoms with van der Waals surface area (Å²) in [5.74, 6) is 0.824. The molecule has 0 bridgehead atoms. The molecule has 4 nitrogen and oxygen atoms in total. The second kappa shape index (κ2) is 6.77. The standard InChI is InChI=1S/C18H23NO3/c1-4-8-22-14-7-5-6-13(9-14)19-12-15-16(20)10-18(2,3)11-17(15)21/h5-7,9,12,20H,4,8,10-11H2,1-3H3. The first-order chi connectivity index (χ1) is 10.4. The zero-order valence-corrected chi connectivity index (χ0v) is 13.4. The van der Waals surface area contributed by atoms with Crippen molar-refractivity contribution in [2.75, 3.05) is 6.61 Å². The molecule has 0 aliphatic heterocycles. The fourth-order valence-electron chi connectivity index (χ4n) is 2.46. The van der Waals surface area contributed by atoms with Gasteiger partial charge in [0.25, 0.3) is 0 Å². The SMILES string of the molecule is CCCOc1cccc(N=CC2=C(O)CC(C)(C)CC2=O)c1. The number of hydrogen-bond acceptors (Lipinski definition) is 4. The Morgan fingerprint density at radius 2 is 2.14 bits per heavy atom. The number of Topliss-reactive ketones (excluding diaryl/α,β-unsaturated/α-hetero) is 1. The molecule has 1 aliphatic carbocycles. The first-order valence-corrected chi connectivity index (χ1v) is 7.63. The van der Waals surface area contributed by atoms with Crippen molar-refractivity contribution in [1.82, 2.24) is 0 Å².